The molecule has 0 saturated carbocycles. The summed E-state index contributed by atoms with van der Waals surface area (Å²) in [6, 6.07) is 9.58. The number of nitrogens with zero attached hydrogens (tertiary/aromatic N) is 1. The molecule has 0 aliphatic carbocycles. The lowest BCUT2D eigenvalue weighted by Crippen LogP contribution is -2.30. The summed E-state index contributed by atoms with van der Waals surface area (Å²) in [4.78, 5) is 23.6. The maximum absolute atomic E-state index is 12.4. The first-order valence-electron chi connectivity index (χ1n) is 9.11. The zero-order chi connectivity index (χ0) is 21.3. The fourth-order valence-corrected chi connectivity index (χ4v) is 3.92. The van der Waals surface area contributed by atoms with Crippen molar-refractivity contribution in [3.63, 3.8) is 0 Å². The van der Waals surface area contributed by atoms with Crippen LogP contribution in [-0.2, 0) is 30.9 Å². The third-order valence-electron chi connectivity index (χ3n) is 4.02. The first kappa shape index (κ1) is 22.4. The standard InChI is InChI=1S/C20H24N2O6S/c1-3-22(4-2)29(25,26)18-10-7-16(8-11-18)9-12-20(24)28-15-19(23)21-14-17-6-5-13-27-17/h5-13H,3-4,14-15H2,1-2H3,(H,21,23)/b12-9+. The fourth-order valence-electron chi connectivity index (χ4n) is 2.46. The van der Waals surface area contributed by atoms with Gasteiger partial charge < -0.3 is 14.5 Å². The molecule has 0 radical (unpaired) electrons. The first-order chi connectivity index (χ1) is 13.9. The Morgan fingerprint density at radius 2 is 1.83 bits per heavy atom. The van der Waals surface area contributed by atoms with E-state index in [9.17, 15) is 18.0 Å². The number of hydrogen-bond donors (Lipinski definition) is 1. The van der Waals surface area contributed by atoms with E-state index in [-0.39, 0.29) is 11.4 Å². The Bertz CT molecular complexity index is 930. The van der Waals surface area contributed by atoms with Crippen LogP contribution < -0.4 is 5.32 Å². The number of carbonyl (C=O) groups excluding carboxylic acids is 2. The topological polar surface area (TPSA) is 106 Å². The number of esters is 1. The summed E-state index contributed by atoms with van der Waals surface area (Å²) >= 11 is 0. The summed E-state index contributed by atoms with van der Waals surface area (Å²) in [5.74, 6) is -0.539. The molecule has 1 N–H and O–H groups in total. The number of hydrogen-bond acceptors (Lipinski definition) is 6. The van der Waals surface area contributed by atoms with Crippen LogP contribution in [0.4, 0.5) is 0 Å². The summed E-state index contributed by atoms with van der Waals surface area (Å²) < 4.78 is 36.2. The van der Waals surface area contributed by atoms with Crippen LogP contribution in [0.5, 0.6) is 0 Å². The van der Waals surface area contributed by atoms with E-state index in [4.69, 9.17) is 9.15 Å². The number of nitrogens with one attached hydrogen (secondary N) is 1. The molecule has 156 valence electrons. The number of rotatable bonds is 10. The molecule has 2 rings (SSSR count). The molecule has 0 aliphatic rings. The maximum Gasteiger partial charge on any atom is 0.331 e. The van der Waals surface area contributed by atoms with Gasteiger partial charge in [-0.15, -0.1) is 0 Å². The van der Waals surface area contributed by atoms with E-state index in [2.05, 4.69) is 5.32 Å². The van der Waals surface area contributed by atoms with Gasteiger partial charge in [0.15, 0.2) is 6.61 Å². The van der Waals surface area contributed by atoms with Crippen molar-refractivity contribution in [2.24, 2.45) is 0 Å². The lowest BCUT2D eigenvalue weighted by Gasteiger charge is -2.18. The second-order valence-electron chi connectivity index (χ2n) is 5.96. The van der Waals surface area contributed by atoms with Gasteiger partial charge in [-0.3, -0.25) is 4.79 Å². The normalized spacial score (nSPS) is 11.7. The minimum Gasteiger partial charge on any atom is -0.467 e. The van der Waals surface area contributed by atoms with Gasteiger partial charge in [-0.05, 0) is 35.9 Å². The van der Waals surface area contributed by atoms with Crippen LogP contribution in [0.2, 0.25) is 0 Å². The Kier molecular flexibility index (Phi) is 8.17. The molecule has 1 amide bonds. The quantitative estimate of drug-likeness (QED) is 0.466. The van der Waals surface area contributed by atoms with E-state index >= 15 is 0 Å². The van der Waals surface area contributed by atoms with Crippen LogP contribution in [0.25, 0.3) is 6.08 Å². The molecular formula is C20H24N2O6S. The second-order valence-corrected chi connectivity index (χ2v) is 7.89. The molecule has 1 aromatic carbocycles. The van der Waals surface area contributed by atoms with E-state index < -0.39 is 28.5 Å². The van der Waals surface area contributed by atoms with Crippen LogP contribution in [0.1, 0.15) is 25.2 Å². The predicted octanol–water partition coefficient (Wildman–Crippen LogP) is 2.18. The summed E-state index contributed by atoms with van der Waals surface area (Å²) in [6.07, 6.45) is 4.16. The molecule has 1 aromatic heterocycles. The molecule has 0 bridgehead atoms. The van der Waals surface area contributed by atoms with Gasteiger partial charge in [0.25, 0.3) is 5.91 Å². The average molecular weight is 420 g/mol. The Hall–Kier alpha value is -2.91. The van der Waals surface area contributed by atoms with Gasteiger partial charge in [-0.2, -0.15) is 4.31 Å². The highest BCUT2D eigenvalue weighted by atomic mass is 32.2. The average Bonchev–Trinajstić information content (AvgIpc) is 3.24. The molecule has 2 aromatic rings. The van der Waals surface area contributed by atoms with Crippen LogP contribution >= 0.6 is 0 Å². The summed E-state index contributed by atoms with van der Waals surface area (Å²) in [7, 11) is -3.52. The number of carbonyl (C=O) groups is 2. The third-order valence-corrected chi connectivity index (χ3v) is 6.08. The Morgan fingerprint density at radius 3 is 2.41 bits per heavy atom. The number of ether oxygens (including phenoxy) is 1. The van der Waals surface area contributed by atoms with Crippen LogP contribution in [-0.4, -0.2) is 44.3 Å². The molecule has 29 heavy (non-hydrogen) atoms. The minimum atomic E-state index is -3.52. The molecule has 1 heterocycles. The number of amides is 1. The lowest BCUT2D eigenvalue weighted by molar-refractivity contribution is -0.143. The Morgan fingerprint density at radius 1 is 1.14 bits per heavy atom. The van der Waals surface area contributed by atoms with Crippen molar-refractivity contribution in [2.45, 2.75) is 25.3 Å². The number of benzene rings is 1. The molecule has 9 heteroatoms. The smallest absolute Gasteiger partial charge is 0.331 e. The van der Waals surface area contributed by atoms with Crippen molar-refractivity contribution in [2.75, 3.05) is 19.7 Å². The van der Waals surface area contributed by atoms with Gasteiger partial charge in [-0.1, -0.05) is 26.0 Å². The van der Waals surface area contributed by atoms with Gasteiger partial charge in [-0.25, -0.2) is 13.2 Å². The fraction of sp³-hybridized carbons (Fsp3) is 0.300. The van der Waals surface area contributed by atoms with E-state index in [1.54, 1.807) is 38.1 Å². The molecule has 8 nitrogen and oxygen atoms in total. The number of furan rings is 1. The van der Waals surface area contributed by atoms with Gasteiger partial charge in [0.1, 0.15) is 5.76 Å². The Labute approximate surface area is 170 Å². The van der Waals surface area contributed by atoms with Crippen molar-refractivity contribution < 1.29 is 27.2 Å². The molecule has 0 spiro atoms. The summed E-state index contributed by atoms with van der Waals surface area (Å²) in [5, 5.41) is 2.56. The van der Waals surface area contributed by atoms with Crippen molar-refractivity contribution in [3.8, 4) is 0 Å². The largest absolute Gasteiger partial charge is 0.467 e. The van der Waals surface area contributed by atoms with E-state index in [0.29, 0.717) is 24.4 Å². The summed E-state index contributed by atoms with van der Waals surface area (Å²) in [6.45, 7) is 4.14. The minimum absolute atomic E-state index is 0.189. The van der Waals surface area contributed by atoms with Crippen molar-refractivity contribution in [1.29, 1.82) is 0 Å². The highest BCUT2D eigenvalue weighted by Gasteiger charge is 2.20. The van der Waals surface area contributed by atoms with Crippen LogP contribution in [0.3, 0.4) is 0 Å². The van der Waals surface area contributed by atoms with Crippen molar-refractivity contribution in [3.05, 3.63) is 60.1 Å². The van der Waals surface area contributed by atoms with Crippen LogP contribution in [0.15, 0.2) is 58.1 Å². The first-order valence-corrected chi connectivity index (χ1v) is 10.5. The molecule has 0 aliphatic heterocycles. The van der Waals surface area contributed by atoms with Gasteiger partial charge in [0.2, 0.25) is 10.0 Å². The van der Waals surface area contributed by atoms with Crippen LogP contribution in [0, 0.1) is 0 Å². The molecule has 0 unspecified atom stereocenters. The highest BCUT2D eigenvalue weighted by molar-refractivity contribution is 7.89. The van der Waals surface area contributed by atoms with Gasteiger partial charge in [0.05, 0.1) is 17.7 Å². The lowest BCUT2D eigenvalue weighted by atomic mass is 10.2. The van der Waals surface area contributed by atoms with Crippen molar-refractivity contribution >= 4 is 28.0 Å². The molecular weight excluding hydrogens is 396 g/mol. The second kappa shape index (κ2) is 10.6. The van der Waals surface area contributed by atoms with Crippen molar-refractivity contribution in [1.82, 2.24) is 9.62 Å². The predicted molar refractivity (Wildman–Crippen MR) is 107 cm³/mol. The monoisotopic (exact) mass is 420 g/mol. The zero-order valence-electron chi connectivity index (χ0n) is 16.3. The van der Waals surface area contributed by atoms with E-state index in [0.717, 1.165) is 0 Å². The third kappa shape index (κ3) is 6.58. The zero-order valence-corrected chi connectivity index (χ0v) is 17.1. The molecule has 0 fully saturated rings. The maximum atomic E-state index is 12.4. The molecule has 0 atom stereocenters. The highest BCUT2D eigenvalue weighted by Crippen LogP contribution is 2.16. The number of sulfonamides is 1. The van der Waals surface area contributed by atoms with Gasteiger partial charge >= 0.3 is 5.97 Å². The van der Waals surface area contributed by atoms with E-state index in [1.807, 2.05) is 0 Å². The van der Waals surface area contributed by atoms with E-state index in [1.165, 1.54) is 34.9 Å². The SMILES string of the molecule is CCN(CC)S(=O)(=O)c1ccc(/C=C/C(=O)OCC(=O)NCc2ccco2)cc1. The Balaban J connectivity index is 1.84. The van der Waals surface area contributed by atoms with Gasteiger partial charge in [0, 0.05) is 19.2 Å². The summed E-state index contributed by atoms with van der Waals surface area (Å²) in [5.41, 5.74) is 0.628. The molecule has 0 saturated heterocycles.